The van der Waals surface area contributed by atoms with Crippen molar-refractivity contribution in [3.05, 3.63) is 59.2 Å². The highest BCUT2D eigenvalue weighted by atomic mass is 32.2. The van der Waals surface area contributed by atoms with E-state index in [9.17, 15) is 18.4 Å². The van der Waals surface area contributed by atoms with Crippen LogP contribution in [0.1, 0.15) is 21.5 Å². The van der Waals surface area contributed by atoms with Crippen molar-refractivity contribution in [2.75, 3.05) is 5.75 Å². The number of tetrazole rings is 1. The van der Waals surface area contributed by atoms with Gasteiger partial charge in [0.25, 0.3) is 5.91 Å². The van der Waals surface area contributed by atoms with Gasteiger partial charge in [0.15, 0.2) is 0 Å². The Balaban J connectivity index is 1.60. The minimum atomic E-state index is -2.96. The number of imide groups is 1. The molecular weight excluding hydrogens is 416 g/mol. The molecule has 30 heavy (non-hydrogen) atoms. The van der Waals surface area contributed by atoms with E-state index in [1.165, 1.54) is 28.9 Å². The summed E-state index contributed by atoms with van der Waals surface area (Å²) < 4.78 is 30.1. The number of nitrogens with one attached hydrogen (secondary N) is 1. The molecule has 0 saturated heterocycles. The number of aryl methyl sites for hydroxylation is 1. The largest absolute Gasteiger partial charge is 0.435 e. The smallest absolute Gasteiger partial charge is 0.387 e. The molecule has 0 fully saturated rings. The Morgan fingerprint density at radius 2 is 1.90 bits per heavy atom. The summed E-state index contributed by atoms with van der Waals surface area (Å²) >= 11 is 1.08. The van der Waals surface area contributed by atoms with Crippen molar-refractivity contribution < 1.29 is 23.1 Å². The molecule has 1 heterocycles. The van der Waals surface area contributed by atoms with Crippen molar-refractivity contribution in [2.45, 2.75) is 25.6 Å². The maximum absolute atomic E-state index is 12.2. The minimum Gasteiger partial charge on any atom is -0.435 e. The number of halogens is 2. The number of thioether (sulfide) groups is 1. The third-order valence-electron chi connectivity index (χ3n) is 4.17. The Morgan fingerprint density at radius 3 is 2.60 bits per heavy atom. The second-order valence-corrected chi connectivity index (χ2v) is 7.10. The van der Waals surface area contributed by atoms with Crippen molar-refractivity contribution in [3.63, 3.8) is 0 Å². The molecule has 3 rings (SSSR count). The molecule has 2 amide bonds. The number of carbonyl (C=O) groups excluding carboxylic acids is 2. The van der Waals surface area contributed by atoms with Crippen LogP contribution in [0.15, 0.2) is 47.6 Å². The van der Waals surface area contributed by atoms with Crippen molar-refractivity contribution in [1.29, 1.82) is 0 Å². The quantitative estimate of drug-likeness (QED) is 0.572. The van der Waals surface area contributed by atoms with Gasteiger partial charge in [0, 0.05) is 5.56 Å². The van der Waals surface area contributed by atoms with Gasteiger partial charge in [-0.15, -0.1) is 5.10 Å². The highest BCUT2D eigenvalue weighted by Gasteiger charge is 2.16. The van der Waals surface area contributed by atoms with Crippen LogP contribution < -0.4 is 10.1 Å². The molecule has 0 atom stereocenters. The monoisotopic (exact) mass is 433 g/mol. The number of nitrogens with zero attached hydrogens (tertiary/aromatic N) is 4. The fourth-order valence-electron chi connectivity index (χ4n) is 2.54. The molecule has 0 unspecified atom stereocenters. The van der Waals surface area contributed by atoms with Crippen LogP contribution in [0.4, 0.5) is 8.78 Å². The van der Waals surface area contributed by atoms with Gasteiger partial charge in [-0.25, -0.2) is 0 Å². The molecule has 0 aliphatic rings. The Labute approximate surface area is 174 Å². The molecule has 1 aromatic heterocycles. The van der Waals surface area contributed by atoms with E-state index >= 15 is 0 Å². The molecule has 1 N–H and O–H groups in total. The number of hydrogen-bond donors (Lipinski definition) is 1. The zero-order chi connectivity index (χ0) is 21.7. The van der Waals surface area contributed by atoms with E-state index in [4.69, 9.17) is 0 Å². The van der Waals surface area contributed by atoms with Gasteiger partial charge in [-0.3, -0.25) is 14.9 Å². The highest BCUT2D eigenvalue weighted by molar-refractivity contribution is 7.99. The summed E-state index contributed by atoms with van der Waals surface area (Å²) in [5.74, 6) is -1.38. The maximum atomic E-state index is 12.2. The van der Waals surface area contributed by atoms with Crippen LogP contribution in [0.25, 0.3) is 5.69 Å². The first-order valence-corrected chi connectivity index (χ1v) is 9.70. The predicted octanol–water partition coefficient (Wildman–Crippen LogP) is 2.93. The van der Waals surface area contributed by atoms with E-state index < -0.39 is 18.4 Å². The Bertz CT molecular complexity index is 1060. The standard InChI is InChI=1S/C19H17F2N5O3S/c1-11-4-3-5-15(12(11)2)26-19(23-24-25-26)30-10-16(27)22-17(28)13-6-8-14(9-7-13)29-18(20)21/h3-9,18H,10H2,1-2H3,(H,22,27,28). The van der Waals surface area contributed by atoms with Gasteiger partial charge in [0.2, 0.25) is 11.1 Å². The third-order valence-corrected chi connectivity index (χ3v) is 5.09. The lowest BCUT2D eigenvalue weighted by Gasteiger charge is -2.09. The van der Waals surface area contributed by atoms with Crippen molar-refractivity contribution in [3.8, 4) is 11.4 Å². The minimum absolute atomic E-state index is 0.0817. The van der Waals surface area contributed by atoms with Gasteiger partial charge in [-0.05, 0) is 65.7 Å². The Morgan fingerprint density at radius 1 is 1.17 bits per heavy atom. The maximum Gasteiger partial charge on any atom is 0.387 e. The zero-order valence-corrected chi connectivity index (χ0v) is 16.8. The summed E-state index contributed by atoms with van der Waals surface area (Å²) in [6.07, 6.45) is 0. The fourth-order valence-corrected chi connectivity index (χ4v) is 3.22. The molecule has 0 saturated carbocycles. The normalized spacial score (nSPS) is 10.8. The number of aromatic nitrogens is 4. The number of amides is 2. The van der Waals surface area contributed by atoms with Gasteiger partial charge < -0.3 is 4.74 Å². The van der Waals surface area contributed by atoms with Crippen LogP contribution in [0.5, 0.6) is 5.75 Å². The average Bonchev–Trinajstić information content (AvgIpc) is 3.17. The second kappa shape index (κ2) is 9.44. The molecule has 8 nitrogen and oxygen atoms in total. The summed E-state index contributed by atoms with van der Waals surface area (Å²) in [4.78, 5) is 24.3. The summed E-state index contributed by atoms with van der Waals surface area (Å²) in [5, 5.41) is 14.2. The number of alkyl halides is 2. The summed E-state index contributed by atoms with van der Waals surface area (Å²) in [5.41, 5.74) is 3.01. The molecule has 3 aromatic rings. The molecule has 0 aliphatic heterocycles. The van der Waals surface area contributed by atoms with Crippen LogP contribution >= 0.6 is 11.8 Å². The van der Waals surface area contributed by atoms with Crippen LogP contribution in [-0.4, -0.2) is 44.4 Å². The van der Waals surface area contributed by atoms with Crippen LogP contribution in [0, 0.1) is 13.8 Å². The summed E-state index contributed by atoms with van der Waals surface area (Å²) in [6, 6.07) is 10.7. The molecule has 0 bridgehead atoms. The molecule has 0 spiro atoms. The van der Waals surface area contributed by atoms with Crippen LogP contribution in [0.3, 0.4) is 0 Å². The Hall–Kier alpha value is -3.34. The SMILES string of the molecule is Cc1cccc(-n2nnnc2SCC(=O)NC(=O)c2ccc(OC(F)F)cc2)c1C. The lowest BCUT2D eigenvalue weighted by Crippen LogP contribution is -2.31. The van der Waals surface area contributed by atoms with Gasteiger partial charge >= 0.3 is 6.61 Å². The van der Waals surface area contributed by atoms with Gasteiger partial charge in [-0.1, -0.05) is 23.9 Å². The molecule has 156 valence electrons. The molecule has 0 aliphatic carbocycles. The van der Waals surface area contributed by atoms with Crippen molar-refractivity contribution >= 4 is 23.6 Å². The topological polar surface area (TPSA) is 99.0 Å². The van der Waals surface area contributed by atoms with E-state index in [0.717, 1.165) is 28.6 Å². The lowest BCUT2D eigenvalue weighted by atomic mass is 10.1. The van der Waals surface area contributed by atoms with E-state index in [1.807, 2.05) is 32.0 Å². The number of carbonyl (C=O) groups is 2. The van der Waals surface area contributed by atoms with Gasteiger partial charge in [0.1, 0.15) is 5.75 Å². The number of rotatable bonds is 7. The second-order valence-electron chi connectivity index (χ2n) is 6.16. The molecule has 0 radical (unpaired) electrons. The summed E-state index contributed by atoms with van der Waals surface area (Å²) in [7, 11) is 0. The highest BCUT2D eigenvalue weighted by Crippen LogP contribution is 2.22. The van der Waals surface area contributed by atoms with Crippen LogP contribution in [-0.2, 0) is 4.79 Å². The van der Waals surface area contributed by atoms with E-state index in [0.29, 0.717) is 5.16 Å². The third kappa shape index (κ3) is 5.17. The molecular formula is C19H17F2N5O3S. The zero-order valence-electron chi connectivity index (χ0n) is 16.0. The predicted molar refractivity (Wildman–Crippen MR) is 105 cm³/mol. The fraction of sp³-hybridized carbons (Fsp3) is 0.211. The van der Waals surface area contributed by atoms with E-state index in [1.54, 1.807) is 0 Å². The van der Waals surface area contributed by atoms with Crippen LogP contribution in [0.2, 0.25) is 0 Å². The molecule has 11 heteroatoms. The average molecular weight is 433 g/mol. The number of ether oxygens (including phenoxy) is 1. The number of hydrogen-bond acceptors (Lipinski definition) is 7. The van der Waals surface area contributed by atoms with Crippen molar-refractivity contribution in [2.24, 2.45) is 0 Å². The first kappa shape index (κ1) is 21.4. The van der Waals surface area contributed by atoms with Gasteiger partial charge in [-0.2, -0.15) is 13.5 Å². The first-order chi connectivity index (χ1) is 14.3. The van der Waals surface area contributed by atoms with Crippen molar-refractivity contribution in [1.82, 2.24) is 25.5 Å². The van der Waals surface area contributed by atoms with E-state index in [-0.39, 0.29) is 17.1 Å². The summed E-state index contributed by atoms with van der Waals surface area (Å²) in [6.45, 7) is 0.966. The first-order valence-electron chi connectivity index (χ1n) is 8.72. The Kier molecular flexibility index (Phi) is 6.72. The molecule has 2 aromatic carbocycles. The van der Waals surface area contributed by atoms with Gasteiger partial charge in [0.05, 0.1) is 11.4 Å². The number of benzene rings is 2. The lowest BCUT2D eigenvalue weighted by molar-refractivity contribution is -0.117. The van der Waals surface area contributed by atoms with E-state index in [2.05, 4.69) is 25.6 Å².